The number of hydrogen-bond acceptors (Lipinski definition) is 0. The molecule has 0 aromatic carbocycles. The van der Waals surface area contributed by atoms with Crippen molar-refractivity contribution in [3.05, 3.63) is 0 Å². The Kier molecular flexibility index (Phi) is 23.5. The minimum atomic E-state index is -0.879. The van der Waals surface area contributed by atoms with Crippen molar-refractivity contribution in [2.24, 2.45) is 0 Å². The quantitative estimate of drug-likeness (QED) is 0.305. The van der Waals surface area contributed by atoms with Crippen molar-refractivity contribution >= 4 is 43.1 Å². The van der Waals surface area contributed by atoms with Crippen LogP contribution in [0.2, 0.25) is 0 Å². The number of hydrogen-bond donors (Lipinski definition) is 0. The van der Waals surface area contributed by atoms with Gasteiger partial charge in [0.15, 0.2) is 0 Å². The van der Waals surface area contributed by atoms with Crippen molar-refractivity contribution < 1.29 is 0 Å². The van der Waals surface area contributed by atoms with Gasteiger partial charge in [-0.1, -0.05) is 0 Å². The van der Waals surface area contributed by atoms with Gasteiger partial charge < -0.3 is 0 Å². The molecule has 0 radical (unpaired) electrons. The topological polar surface area (TPSA) is 0 Å². The zero-order chi connectivity index (χ0) is 13.0. The Morgan fingerprint density at radius 1 is 0.526 bits per heavy atom. The van der Waals surface area contributed by atoms with Gasteiger partial charge in [-0.15, -0.1) is 17.0 Å². The number of unbranched alkanes of at least 4 members (excludes halogenated alkanes) is 4. The Labute approximate surface area is 146 Å². The standard InChI is InChI=1S/C16H37P.BrH.Li.H/c1-5-9-13-17(14-10-6-2,15-11-7-3)16-12-8-4;;;/h17H,5-16H2,1-4H3;1H;;. The summed E-state index contributed by atoms with van der Waals surface area (Å²) in [4.78, 5) is 0. The molecule has 19 heavy (non-hydrogen) atoms. The fraction of sp³-hybridized carbons (Fsp3) is 1.00. The first-order valence-corrected chi connectivity index (χ1v) is 11.1. The van der Waals surface area contributed by atoms with E-state index in [9.17, 15) is 0 Å². The van der Waals surface area contributed by atoms with Crippen molar-refractivity contribution in [1.29, 1.82) is 0 Å². The van der Waals surface area contributed by atoms with E-state index in [1.165, 1.54) is 51.4 Å². The van der Waals surface area contributed by atoms with E-state index in [1.54, 1.807) is 24.6 Å². The molecule has 0 aliphatic heterocycles. The third-order valence-corrected chi connectivity index (χ3v) is 9.90. The van der Waals surface area contributed by atoms with Gasteiger partial charge in [0.1, 0.15) is 0 Å². The molecule has 0 fully saturated rings. The van der Waals surface area contributed by atoms with Crippen LogP contribution in [-0.2, 0) is 0 Å². The summed E-state index contributed by atoms with van der Waals surface area (Å²) in [6.45, 7) is 9.44. The van der Waals surface area contributed by atoms with Crippen LogP contribution in [0.4, 0.5) is 0 Å². The van der Waals surface area contributed by atoms with Crippen molar-refractivity contribution in [1.82, 2.24) is 0 Å². The van der Waals surface area contributed by atoms with Gasteiger partial charge >= 0.3 is 130 Å². The van der Waals surface area contributed by atoms with E-state index < -0.39 is 7.26 Å². The molecule has 3 heteroatoms. The summed E-state index contributed by atoms with van der Waals surface area (Å²) >= 11 is 0. The monoisotopic (exact) mass is 348 g/mol. The molecule has 0 heterocycles. The van der Waals surface area contributed by atoms with Crippen LogP contribution in [0.15, 0.2) is 0 Å². The first-order chi connectivity index (χ1) is 8.24. The van der Waals surface area contributed by atoms with E-state index in [1.807, 2.05) is 0 Å². The average Bonchev–Trinajstić information content (AvgIpc) is 2.37. The molecule has 0 aromatic heterocycles. The molecule has 0 bridgehead atoms. The van der Waals surface area contributed by atoms with Crippen LogP contribution in [-0.4, -0.2) is 43.5 Å². The van der Waals surface area contributed by atoms with Crippen molar-refractivity contribution in [2.45, 2.75) is 79.1 Å². The fourth-order valence-electron chi connectivity index (χ4n) is 2.96. The normalized spacial score (nSPS) is 11.6. The van der Waals surface area contributed by atoms with Crippen LogP contribution >= 0.6 is 24.2 Å². The van der Waals surface area contributed by atoms with Crippen molar-refractivity contribution in [3.8, 4) is 0 Å². The predicted molar refractivity (Wildman–Crippen MR) is 105 cm³/mol. The molecule has 0 spiro atoms. The minimum absolute atomic E-state index is 0. The average molecular weight is 349 g/mol. The summed E-state index contributed by atoms with van der Waals surface area (Å²) in [5, 5.41) is 0. The molecule has 0 rings (SSSR count). The van der Waals surface area contributed by atoms with Gasteiger partial charge in [0.25, 0.3) is 0 Å². The maximum absolute atomic E-state index is 2.36. The second kappa shape index (κ2) is 17.6. The van der Waals surface area contributed by atoms with Gasteiger partial charge in [0, 0.05) is 0 Å². The maximum atomic E-state index is 2.36. The van der Waals surface area contributed by atoms with E-state index in [2.05, 4.69) is 27.7 Å². The molecule has 0 saturated heterocycles. The second-order valence-electron chi connectivity index (χ2n) is 5.91. The van der Waals surface area contributed by atoms with Crippen LogP contribution in [0.3, 0.4) is 0 Å². The van der Waals surface area contributed by atoms with Crippen LogP contribution in [0.5, 0.6) is 0 Å². The zero-order valence-corrected chi connectivity index (χ0v) is 16.1. The molecule has 0 aliphatic carbocycles. The molecule has 0 aromatic rings. The molecule has 0 saturated carbocycles. The molecular weight excluding hydrogens is 310 g/mol. The predicted octanol–water partition coefficient (Wildman–Crippen LogP) is 5.87. The van der Waals surface area contributed by atoms with Gasteiger partial charge in [0.05, 0.1) is 0 Å². The fourth-order valence-corrected chi connectivity index (χ4v) is 8.87. The first-order valence-electron chi connectivity index (χ1n) is 8.24. The van der Waals surface area contributed by atoms with E-state index in [4.69, 9.17) is 0 Å². The third kappa shape index (κ3) is 12.9. The Morgan fingerprint density at radius 2 is 0.737 bits per heavy atom. The summed E-state index contributed by atoms with van der Waals surface area (Å²) in [6.07, 6.45) is 18.1. The van der Waals surface area contributed by atoms with E-state index in [0.717, 1.165) is 0 Å². The first kappa shape index (κ1) is 25.5. The summed E-state index contributed by atoms with van der Waals surface area (Å²) in [7, 11) is -0.879. The summed E-state index contributed by atoms with van der Waals surface area (Å²) in [5.41, 5.74) is 0. The Balaban J connectivity index is -0.00000128. The number of rotatable bonds is 12. The Morgan fingerprint density at radius 3 is 0.895 bits per heavy atom. The van der Waals surface area contributed by atoms with Gasteiger partial charge in [-0.3, -0.25) is 0 Å². The molecule has 0 nitrogen and oxygen atoms in total. The summed E-state index contributed by atoms with van der Waals surface area (Å²) in [5.74, 6) is 0. The molecule has 116 valence electrons. The van der Waals surface area contributed by atoms with Gasteiger partial charge in [-0.2, -0.15) is 0 Å². The van der Waals surface area contributed by atoms with Gasteiger partial charge in [-0.25, -0.2) is 0 Å². The van der Waals surface area contributed by atoms with Gasteiger partial charge in [0.2, 0.25) is 0 Å². The van der Waals surface area contributed by atoms with Crippen LogP contribution in [0.25, 0.3) is 0 Å². The molecule has 0 atom stereocenters. The molecular formula is C16H39BrLiP. The Hall–Kier alpha value is 1.51. The van der Waals surface area contributed by atoms with Crippen LogP contribution in [0.1, 0.15) is 79.1 Å². The van der Waals surface area contributed by atoms with Gasteiger partial charge in [-0.05, 0) is 0 Å². The SMILES string of the molecule is Br.CCCC[PH](CCCC)(CCCC)CCCC.[LiH]. The second-order valence-corrected chi connectivity index (χ2v) is 10.9. The Bertz CT molecular complexity index is 127. The van der Waals surface area contributed by atoms with Crippen molar-refractivity contribution in [2.75, 3.05) is 24.6 Å². The summed E-state index contributed by atoms with van der Waals surface area (Å²) < 4.78 is 0. The van der Waals surface area contributed by atoms with E-state index in [-0.39, 0.29) is 35.8 Å². The zero-order valence-electron chi connectivity index (χ0n) is 13.4. The summed E-state index contributed by atoms with van der Waals surface area (Å²) in [6, 6.07) is 0. The van der Waals surface area contributed by atoms with Crippen LogP contribution in [0, 0.1) is 0 Å². The van der Waals surface area contributed by atoms with Crippen molar-refractivity contribution in [3.63, 3.8) is 0 Å². The molecule has 0 amide bonds. The molecule has 0 unspecified atom stereocenters. The van der Waals surface area contributed by atoms with E-state index in [0.29, 0.717) is 0 Å². The van der Waals surface area contributed by atoms with E-state index >= 15 is 0 Å². The number of halogens is 1. The molecule has 0 N–H and O–H groups in total. The van der Waals surface area contributed by atoms with Crippen LogP contribution < -0.4 is 0 Å². The third-order valence-electron chi connectivity index (χ3n) is 4.24. The molecule has 0 aliphatic rings.